The van der Waals surface area contributed by atoms with Crippen LogP contribution in [-0.2, 0) is 27.3 Å². The number of nitriles is 1. The lowest BCUT2D eigenvalue weighted by Crippen LogP contribution is -2.73. The lowest BCUT2D eigenvalue weighted by atomic mass is 9.69. The highest BCUT2D eigenvalue weighted by Gasteiger charge is 2.50. The average Bonchev–Trinajstić information content (AvgIpc) is 3.39. The quantitative estimate of drug-likeness (QED) is 0.495. The van der Waals surface area contributed by atoms with E-state index in [1.165, 1.54) is 23.6 Å². The van der Waals surface area contributed by atoms with Crippen LogP contribution in [-0.4, -0.2) is 96.7 Å². The first-order chi connectivity index (χ1) is 19.9. The second kappa shape index (κ2) is 12.3. The minimum absolute atomic E-state index is 0.0809. The molecule has 1 aromatic carbocycles. The van der Waals surface area contributed by atoms with Crippen molar-refractivity contribution < 1.29 is 14.3 Å². The Hall–Kier alpha value is -2.03. The van der Waals surface area contributed by atoms with Crippen molar-refractivity contribution in [2.75, 3.05) is 39.8 Å². The largest absolute Gasteiger partial charge is 0.370 e. The fraction of sp³-hybridized carbons (Fsp3) is 0.677. The molecule has 3 saturated heterocycles. The monoisotopic (exact) mass is 582 g/mol. The number of likely N-dealkylation sites (tertiary alicyclic amines) is 1. The van der Waals surface area contributed by atoms with Crippen molar-refractivity contribution in [2.24, 2.45) is 5.92 Å². The summed E-state index contributed by atoms with van der Waals surface area (Å²) in [6.07, 6.45) is 7.61. The van der Waals surface area contributed by atoms with Gasteiger partial charge in [0, 0.05) is 49.1 Å². The van der Waals surface area contributed by atoms with Crippen LogP contribution in [0.2, 0.25) is 5.02 Å². The lowest BCUT2D eigenvalue weighted by Gasteiger charge is -2.56. The second-order valence-electron chi connectivity index (χ2n) is 12.6. The van der Waals surface area contributed by atoms with Gasteiger partial charge < -0.3 is 19.3 Å². The molecule has 1 saturated carbocycles. The molecule has 9 nitrogen and oxygen atoms in total. The van der Waals surface area contributed by atoms with Crippen molar-refractivity contribution in [3.05, 3.63) is 47.0 Å². The van der Waals surface area contributed by atoms with Crippen LogP contribution in [0.3, 0.4) is 0 Å². The zero-order valence-corrected chi connectivity index (χ0v) is 24.8. The first kappa shape index (κ1) is 29.1. The summed E-state index contributed by atoms with van der Waals surface area (Å²) in [5.41, 5.74) is 2.31. The van der Waals surface area contributed by atoms with Gasteiger partial charge in [0.2, 0.25) is 5.91 Å². The number of fused-ring (bicyclic) bond motifs is 2. The number of likely N-dealkylation sites (N-methyl/N-ethyl adjacent to an activating group) is 1. The molecule has 0 radical (unpaired) electrons. The minimum atomic E-state index is -0.280. The SMILES string of the molecule is C=CC(=O)N1CCN(C2NC(OCC3CCCN3C)NC3C[C@]4(CCC32)Cc2cc(Cl)ccc2CO4)CC1CC#N. The highest BCUT2D eigenvalue weighted by atomic mass is 35.5. The number of hydrogen-bond acceptors (Lipinski definition) is 8. The Morgan fingerprint density at radius 2 is 2.15 bits per heavy atom. The molecule has 6 unspecified atom stereocenters. The predicted molar refractivity (Wildman–Crippen MR) is 157 cm³/mol. The van der Waals surface area contributed by atoms with Crippen molar-refractivity contribution >= 4 is 17.5 Å². The number of piperazine rings is 1. The van der Waals surface area contributed by atoms with Crippen LogP contribution in [0.4, 0.5) is 0 Å². The van der Waals surface area contributed by atoms with Crippen LogP contribution in [0.5, 0.6) is 0 Å². The zero-order valence-electron chi connectivity index (χ0n) is 24.1. The molecule has 41 heavy (non-hydrogen) atoms. The molecule has 0 bridgehead atoms. The van der Waals surface area contributed by atoms with Gasteiger partial charge in [-0.05, 0) is 75.0 Å². The number of halogens is 1. The van der Waals surface area contributed by atoms with Crippen LogP contribution < -0.4 is 10.6 Å². The normalized spacial score (nSPS) is 36.0. The summed E-state index contributed by atoms with van der Waals surface area (Å²) >= 11 is 6.37. The molecular formula is C31H43ClN6O3. The molecule has 1 aromatic rings. The molecular weight excluding hydrogens is 540 g/mol. The molecule has 5 aliphatic rings. The summed E-state index contributed by atoms with van der Waals surface area (Å²) in [6, 6.07) is 8.94. The molecule has 4 fully saturated rings. The number of nitrogens with one attached hydrogen (secondary N) is 2. The molecule has 6 rings (SSSR count). The Bertz CT molecular complexity index is 1180. The Labute approximate surface area is 248 Å². The van der Waals surface area contributed by atoms with Gasteiger partial charge in [0.15, 0.2) is 6.35 Å². The van der Waals surface area contributed by atoms with Gasteiger partial charge in [-0.2, -0.15) is 5.26 Å². The van der Waals surface area contributed by atoms with Crippen LogP contribution in [0, 0.1) is 17.2 Å². The van der Waals surface area contributed by atoms with Gasteiger partial charge in [-0.1, -0.05) is 24.2 Å². The highest BCUT2D eigenvalue weighted by Crippen LogP contribution is 2.44. The molecule has 1 aliphatic carbocycles. The smallest absolute Gasteiger partial charge is 0.246 e. The molecule has 1 spiro atoms. The maximum Gasteiger partial charge on any atom is 0.246 e. The number of amides is 1. The van der Waals surface area contributed by atoms with E-state index in [4.69, 9.17) is 21.1 Å². The van der Waals surface area contributed by atoms with Crippen LogP contribution in [0.15, 0.2) is 30.9 Å². The van der Waals surface area contributed by atoms with Gasteiger partial charge in [-0.3, -0.25) is 20.3 Å². The summed E-state index contributed by atoms with van der Waals surface area (Å²) < 4.78 is 13.2. The summed E-state index contributed by atoms with van der Waals surface area (Å²) in [7, 11) is 2.18. The van der Waals surface area contributed by atoms with E-state index in [1.807, 2.05) is 11.0 Å². The zero-order chi connectivity index (χ0) is 28.6. The van der Waals surface area contributed by atoms with E-state index in [0.717, 1.165) is 50.2 Å². The third-order valence-electron chi connectivity index (χ3n) is 10.2. The van der Waals surface area contributed by atoms with E-state index in [9.17, 15) is 10.1 Å². The predicted octanol–water partition coefficient (Wildman–Crippen LogP) is 2.85. The highest BCUT2D eigenvalue weighted by molar-refractivity contribution is 6.30. The van der Waals surface area contributed by atoms with E-state index in [2.05, 4.69) is 52.3 Å². The number of carbonyl (C=O) groups is 1. The van der Waals surface area contributed by atoms with Crippen LogP contribution >= 0.6 is 11.6 Å². The fourth-order valence-electron chi connectivity index (χ4n) is 7.88. The Morgan fingerprint density at radius 1 is 1.27 bits per heavy atom. The molecule has 0 aromatic heterocycles. The average molecular weight is 583 g/mol. The topological polar surface area (TPSA) is 93.1 Å². The van der Waals surface area contributed by atoms with Gasteiger partial charge in [-0.25, -0.2) is 0 Å². The standard InChI is InChI=1S/C31H43ClN6O3/c1-3-28(39)38-14-13-37(18-24(38)9-11-33)29-26-8-10-31(16-22-15-23(32)7-6-21(22)19-41-31)17-27(26)34-30(35-29)40-20-25-5-4-12-36(25)2/h3,6-7,15,24-27,29-30,34-35H,1,4-5,8-10,12-14,16-20H2,2H3/t24?,25?,26?,27?,29?,30?,31-/m0/s1. The number of ether oxygens (including phenoxy) is 2. The summed E-state index contributed by atoms with van der Waals surface area (Å²) in [6.45, 7) is 8.07. The number of hydrogen-bond donors (Lipinski definition) is 2. The van der Waals surface area contributed by atoms with Gasteiger partial charge >= 0.3 is 0 Å². The molecule has 222 valence electrons. The van der Waals surface area contributed by atoms with E-state index in [1.54, 1.807) is 0 Å². The summed E-state index contributed by atoms with van der Waals surface area (Å²) in [5.74, 6) is 0.251. The van der Waals surface area contributed by atoms with Crippen molar-refractivity contribution in [1.82, 2.24) is 25.3 Å². The van der Waals surface area contributed by atoms with Crippen LogP contribution in [0.25, 0.3) is 0 Å². The summed E-state index contributed by atoms with van der Waals surface area (Å²) in [5, 5.41) is 17.9. The Kier molecular flexibility index (Phi) is 8.71. The Morgan fingerprint density at radius 3 is 2.93 bits per heavy atom. The lowest BCUT2D eigenvalue weighted by molar-refractivity contribution is -0.153. The number of benzene rings is 1. The second-order valence-corrected chi connectivity index (χ2v) is 13.0. The van der Waals surface area contributed by atoms with E-state index >= 15 is 0 Å². The summed E-state index contributed by atoms with van der Waals surface area (Å²) in [4.78, 5) is 19.2. The van der Waals surface area contributed by atoms with Crippen LogP contribution in [0.1, 0.15) is 49.7 Å². The first-order valence-electron chi connectivity index (χ1n) is 15.2. The molecule has 4 heterocycles. The number of carbonyl (C=O) groups excluding carboxylic acids is 1. The van der Waals surface area contributed by atoms with Crippen molar-refractivity contribution in [3.8, 4) is 6.07 Å². The van der Waals surface area contributed by atoms with Gasteiger partial charge in [0.25, 0.3) is 0 Å². The van der Waals surface area contributed by atoms with E-state index in [0.29, 0.717) is 44.7 Å². The molecule has 4 aliphatic heterocycles. The number of nitrogens with zero attached hydrogens (tertiary/aromatic N) is 4. The third kappa shape index (κ3) is 6.07. The molecule has 2 N–H and O–H groups in total. The maximum absolute atomic E-state index is 12.5. The molecule has 7 atom stereocenters. The Balaban J connectivity index is 1.21. The number of rotatable bonds is 6. The fourth-order valence-corrected chi connectivity index (χ4v) is 8.07. The van der Waals surface area contributed by atoms with Gasteiger partial charge in [0.05, 0.1) is 43.5 Å². The van der Waals surface area contributed by atoms with E-state index < -0.39 is 0 Å². The third-order valence-corrected chi connectivity index (χ3v) is 10.4. The van der Waals surface area contributed by atoms with E-state index in [-0.39, 0.29) is 36.1 Å². The van der Waals surface area contributed by atoms with Crippen molar-refractivity contribution in [3.63, 3.8) is 0 Å². The van der Waals surface area contributed by atoms with Gasteiger partial charge in [0.1, 0.15) is 0 Å². The van der Waals surface area contributed by atoms with Crippen molar-refractivity contribution in [2.45, 2.75) is 87.8 Å². The molecule has 10 heteroatoms. The maximum atomic E-state index is 12.5. The minimum Gasteiger partial charge on any atom is -0.370 e. The van der Waals surface area contributed by atoms with Gasteiger partial charge in [-0.15, -0.1) is 0 Å². The molecule has 1 amide bonds. The van der Waals surface area contributed by atoms with Crippen molar-refractivity contribution in [1.29, 1.82) is 5.26 Å². The first-order valence-corrected chi connectivity index (χ1v) is 15.5.